The Morgan fingerprint density at radius 1 is 1.38 bits per heavy atom. The van der Waals surface area contributed by atoms with Crippen LogP contribution in [0.2, 0.25) is 0 Å². The van der Waals surface area contributed by atoms with Crippen LogP contribution in [0.25, 0.3) is 10.9 Å². The number of nitrogens with zero attached hydrogens (tertiary/aromatic N) is 2. The van der Waals surface area contributed by atoms with E-state index in [1.807, 2.05) is 6.07 Å². The SMILES string of the molecule is Cc1nc2ccccc2c(=O)n1N.[Cl][Cu][Cl]. The number of nitrogens with two attached hydrogens (primary N) is 1. The summed E-state index contributed by atoms with van der Waals surface area (Å²) in [5, 5.41) is 0.551. The van der Waals surface area contributed by atoms with Crippen molar-refractivity contribution in [3.05, 3.63) is 40.4 Å². The zero-order chi connectivity index (χ0) is 12.1. The molecule has 0 saturated carbocycles. The van der Waals surface area contributed by atoms with Gasteiger partial charge in [0.25, 0.3) is 5.56 Å². The topological polar surface area (TPSA) is 60.9 Å². The fourth-order valence-corrected chi connectivity index (χ4v) is 1.26. The summed E-state index contributed by atoms with van der Waals surface area (Å²) >= 11 is 0.757. The number of benzene rings is 1. The maximum absolute atomic E-state index is 11.5. The Bertz CT molecular complexity index is 544. The van der Waals surface area contributed by atoms with Crippen molar-refractivity contribution in [3.63, 3.8) is 0 Å². The molecule has 0 fully saturated rings. The summed E-state index contributed by atoms with van der Waals surface area (Å²) in [5.41, 5.74) is 0.481. The van der Waals surface area contributed by atoms with Crippen LogP contribution in [0.3, 0.4) is 0 Å². The summed E-state index contributed by atoms with van der Waals surface area (Å²) in [5.74, 6) is 6.01. The summed E-state index contributed by atoms with van der Waals surface area (Å²) in [6, 6.07) is 7.15. The Morgan fingerprint density at radius 3 is 2.56 bits per heavy atom. The molecule has 1 heterocycles. The van der Waals surface area contributed by atoms with Crippen LogP contribution in [0, 0.1) is 6.92 Å². The van der Waals surface area contributed by atoms with Gasteiger partial charge < -0.3 is 5.84 Å². The van der Waals surface area contributed by atoms with E-state index >= 15 is 0 Å². The second kappa shape index (κ2) is 6.11. The van der Waals surface area contributed by atoms with E-state index in [0.29, 0.717) is 16.7 Å². The van der Waals surface area contributed by atoms with Crippen LogP contribution >= 0.6 is 20.2 Å². The van der Waals surface area contributed by atoms with Gasteiger partial charge in [0.15, 0.2) is 0 Å². The van der Waals surface area contributed by atoms with E-state index in [2.05, 4.69) is 25.2 Å². The number of halogens is 2. The molecule has 1 aromatic carbocycles. The molecule has 0 aliphatic carbocycles. The van der Waals surface area contributed by atoms with Gasteiger partial charge >= 0.3 is 33.3 Å². The molecule has 0 saturated heterocycles. The van der Waals surface area contributed by atoms with Crippen molar-refractivity contribution in [2.75, 3.05) is 5.84 Å². The van der Waals surface area contributed by atoms with Gasteiger partial charge in [0.2, 0.25) is 0 Å². The third-order valence-electron chi connectivity index (χ3n) is 1.98. The second-order valence-corrected chi connectivity index (χ2v) is 4.45. The first kappa shape index (κ1) is 13.3. The summed E-state index contributed by atoms with van der Waals surface area (Å²) in [7, 11) is 9.34. The fraction of sp³-hybridized carbons (Fsp3) is 0.111. The van der Waals surface area contributed by atoms with Crippen LogP contribution in [0.1, 0.15) is 5.82 Å². The normalized spacial score (nSPS) is 9.94. The van der Waals surface area contributed by atoms with Crippen LogP contribution in [0.5, 0.6) is 0 Å². The molecule has 2 rings (SSSR count). The van der Waals surface area contributed by atoms with E-state index in [9.17, 15) is 4.79 Å². The predicted octanol–water partition coefficient (Wildman–Crippen LogP) is 1.80. The van der Waals surface area contributed by atoms with Crippen LogP contribution in [0.4, 0.5) is 0 Å². The van der Waals surface area contributed by atoms with Gasteiger partial charge in [-0.1, -0.05) is 12.1 Å². The second-order valence-electron chi connectivity index (χ2n) is 2.89. The average molecular weight is 310 g/mol. The maximum atomic E-state index is 11.5. The quantitative estimate of drug-likeness (QED) is 0.596. The number of rotatable bonds is 0. The molecular formula is C9H9Cl2CuN3O. The zero-order valence-corrected chi connectivity index (χ0v) is 10.7. The molecule has 0 unspecified atom stereocenters. The van der Waals surface area contributed by atoms with E-state index in [0.717, 1.165) is 17.8 Å². The Kier molecular flexibility index (Phi) is 5.09. The zero-order valence-electron chi connectivity index (χ0n) is 8.25. The van der Waals surface area contributed by atoms with E-state index in [1.54, 1.807) is 25.1 Å². The molecule has 0 aliphatic heterocycles. The first-order valence-corrected chi connectivity index (χ1v) is 6.75. The van der Waals surface area contributed by atoms with Gasteiger partial charge in [-0.25, -0.2) is 9.66 Å². The van der Waals surface area contributed by atoms with Gasteiger partial charge in [-0.2, -0.15) is 0 Å². The van der Waals surface area contributed by atoms with Crippen molar-refractivity contribution in [2.45, 2.75) is 6.92 Å². The minimum atomic E-state index is -0.205. The number of para-hydroxylation sites is 1. The number of hydrogen-bond acceptors (Lipinski definition) is 3. The molecule has 4 nitrogen and oxygen atoms in total. The van der Waals surface area contributed by atoms with Gasteiger partial charge in [-0.3, -0.25) is 4.79 Å². The van der Waals surface area contributed by atoms with E-state index in [1.165, 1.54) is 0 Å². The number of aryl methyl sites for hydroxylation is 1. The van der Waals surface area contributed by atoms with Crippen molar-refractivity contribution in [1.29, 1.82) is 0 Å². The first-order valence-electron chi connectivity index (χ1n) is 4.16. The number of fused-ring (bicyclic) bond motifs is 1. The summed E-state index contributed by atoms with van der Waals surface area (Å²) in [4.78, 5) is 15.7. The van der Waals surface area contributed by atoms with E-state index in [-0.39, 0.29) is 5.56 Å². The summed E-state index contributed by atoms with van der Waals surface area (Å²) < 4.78 is 1.06. The number of nitrogen functional groups attached to an aromatic ring is 1. The average Bonchev–Trinajstić information content (AvgIpc) is 2.27. The third-order valence-corrected chi connectivity index (χ3v) is 1.98. The molecule has 91 valence electrons. The molecular weight excluding hydrogens is 301 g/mol. The summed E-state index contributed by atoms with van der Waals surface area (Å²) in [6.45, 7) is 1.70. The molecule has 7 heteroatoms. The molecule has 0 aliphatic rings. The van der Waals surface area contributed by atoms with Crippen molar-refractivity contribution in [1.82, 2.24) is 9.66 Å². The Morgan fingerprint density at radius 2 is 1.94 bits per heavy atom. The standard InChI is InChI=1S/C9H9N3O.2ClH.Cu/c1-6-11-8-5-3-2-4-7(8)9(13)12(6)10;;;/h2-5H,10H2,1H3;2*1H;/q;;;+2/p-2. The van der Waals surface area contributed by atoms with Crippen LogP contribution in [-0.4, -0.2) is 9.66 Å². The third kappa shape index (κ3) is 2.89. The van der Waals surface area contributed by atoms with Gasteiger partial charge in [0.05, 0.1) is 10.9 Å². The number of aromatic nitrogens is 2. The van der Waals surface area contributed by atoms with Gasteiger partial charge in [-0.15, -0.1) is 0 Å². The van der Waals surface area contributed by atoms with Crippen LogP contribution in [0.15, 0.2) is 29.1 Å². The van der Waals surface area contributed by atoms with Crippen molar-refractivity contribution < 1.29 is 13.1 Å². The molecule has 0 amide bonds. The van der Waals surface area contributed by atoms with Crippen LogP contribution in [-0.2, 0) is 13.1 Å². The van der Waals surface area contributed by atoms with Crippen LogP contribution < -0.4 is 11.4 Å². The molecule has 2 N–H and O–H groups in total. The van der Waals surface area contributed by atoms with Gasteiger partial charge in [0.1, 0.15) is 5.82 Å². The number of hydrogen-bond donors (Lipinski definition) is 1. The molecule has 0 bridgehead atoms. The Hall–Kier alpha value is -0.741. The van der Waals surface area contributed by atoms with E-state index in [4.69, 9.17) is 5.84 Å². The molecule has 0 atom stereocenters. The van der Waals surface area contributed by atoms with E-state index < -0.39 is 0 Å². The van der Waals surface area contributed by atoms with Crippen molar-refractivity contribution in [3.8, 4) is 0 Å². The first-order chi connectivity index (χ1) is 7.61. The fourth-order valence-electron chi connectivity index (χ4n) is 1.26. The Balaban J connectivity index is 0.000000386. The minimum absolute atomic E-state index is 0.205. The van der Waals surface area contributed by atoms with Crippen molar-refractivity contribution in [2.24, 2.45) is 0 Å². The predicted molar refractivity (Wildman–Crippen MR) is 62.6 cm³/mol. The van der Waals surface area contributed by atoms with Gasteiger partial charge in [-0.05, 0) is 19.1 Å². The summed E-state index contributed by atoms with van der Waals surface area (Å²) in [6.07, 6.45) is 0. The Labute approximate surface area is 107 Å². The van der Waals surface area contributed by atoms with Gasteiger partial charge in [0, 0.05) is 0 Å². The monoisotopic (exact) mass is 308 g/mol. The van der Waals surface area contributed by atoms with Crippen molar-refractivity contribution >= 4 is 31.1 Å². The molecule has 0 spiro atoms. The molecule has 16 heavy (non-hydrogen) atoms. The molecule has 1 aromatic heterocycles. The molecule has 2 aromatic rings. The molecule has 0 radical (unpaired) electrons.